The summed E-state index contributed by atoms with van der Waals surface area (Å²) in [7, 11) is -4.58. The number of thiophene rings is 1. The van der Waals surface area contributed by atoms with Crippen molar-refractivity contribution in [2.75, 3.05) is 17.7 Å². The molecule has 1 unspecified atom stereocenters. The molecule has 1 aliphatic rings. The molecule has 1 aromatic carbocycles. The normalized spacial score (nSPS) is 18.1. The molecule has 5 nitrogen and oxygen atoms in total. The van der Waals surface area contributed by atoms with Gasteiger partial charge in [0.25, 0.3) is 0 Å². The van der Waals surface area contributed by atoms with Crippen molar-refractivity contribution in [1.82, 2.24) is 0 Å². The van der Waals surface area contributed by atoms with Crippen LogP contribution in [0.15, 0.2) is 11.4 Å². The zero-order valence-electron chi connectivity index (χ0n) is 10.6. The first-order chi connectivity index (χ1) is 9.40. The molecule has 0 saturated carbocycles. The van der Waals surface area contributed by atoms with Crippen molar-refractivity contribution < 1.29 is 18.9 Å². The number of hydrogen-bond donors (Lipinski definition) is 3. The van der Waals surface area contributed by atoms with Crippen LogP contribution in [0.1, 0.15) is 17.0 Å². The Morgan fingerprint density at radius 3 is 3.00 bits per heavy atom. The van der Waals surface area contributed by atoms with Crippen molar-refractivity contribution >= 4 is 46.5 Å². The molecule has 0 fully saturated rings. The minimum Gasteiger partial charge on any atom is -0.403 e. The standard InChI is InChI=1S/C12H13ClNO4PS/c1-6-5-20-12-9(18-19(15,16)17)2-8-11(10(6)12)7(3-13)4-14-8/h2,5,7,14H,3-4H2,1H3,(H2,15,16,17). The lowest BCUT2D eigenvalue weighted by Gasteiger charge is -2.13. The summed E-state index contributed by atoms with van der Waals surface area (Å²) in [6.45, 7) is 2.70. The second-order valence-electron chi connectivity index (χ2n) is 4.77. The van der Waals surface area contributed by atoms with Gasteiger partial charge in [0.05, 0.1) is 4.70 Å². The van der Waals surface area contributed by atoms with E-state index in [0.717, 1.165) is 33.4 Å². The van der Waals surface area contributed by atoms with Crippen molar-refractivity contribution in [3.8, 4) is 5.75 Å². The molecule has 0 bridgehead atoms. The Hall–Kier alpha value is -0.780. The van der Waals surface area contributed by atoms with E-state index in [1.54, 1.807) is 6.07 Å². The number of benzene rings is 1. The topological polar surface area (TPSA) is 78.8 Å². The molecule has 0 radical (unpaired) electrons. The van der Waals surface area contributed by atoms with E-state index >= 15 is 0 Å². The van der Waals surface area contributed by atoms with Crippen molar-refractivity contribution in [3.63, 3.8) is 0 Å². The number of rotatable bonds is 3. The number of hydrogen-bond acceptors (Lipinski definition) is 4. The van der Waals surface area contributed by atoms with Gasteiger partial charge in [0, 0.05) is 35.5 Å². The summed E-state index contributed by atoms with van der Waals surface area (Å²) in [6, 6.07) is 1.65. The maximum Gasteiger partial charge on any atom is 0.524 e. The third-order valence-electron chi connectivity index (χ3n) is 3.38. The first-order valence-corrected chi connectivity index (χ1v) is 8.95. The van der Waals surface area contributed by atoms with Crippen LogP contribution < -0.4 is 9.84 Å². The molecule has 0 amide bonds. The lowest BCUT2D eigenvalue weighted by atomic mass is 9.97. The van der Waals surface area contributed by atoms with Gasteiger partial charge in [-0.25, -0.2) is 4.57 Å². The molecule has 20 heavy (non-hydrogen) atoms. The summed E-state index contributed by atoms with van der Waals surface area (Å²) in [5.74, 6) is 0.919. The van der Waals surface area contributed by atoms with Gasteiger partial charge in [0.2, 0.25) is 0 Å². The minimum atomic E-state index is -4.58. The molecule has 3 N–H and O–H groups in total. The maximum absolute atomic E-state index is 11.1. The van der Waals surface area contributed by atoms with E-state index in [4.69, 9.17) is 25.9 Å². The molecule has 3 rings (SSSR count). The molecule has 108 valence electrons. The molecule has 2 aromatic rings. The molecule has 1 atom stereocenters. The number of alkyl halides is 1. The highest BCUT2D eigenvalue weighted by Crippen LogP contribution is 2.49. The monoisotopic (exact) mass is 333 g/mol. The highest BCUT2D eigenvalue weighted by atomic mass is 35.5. The average molecular weight is 334 g/mol. The Morgan fingerprint density at radius 1 is 1.60 bits per heavy atom. The smallest absolute Gasteiger partial charge is 0.403 e. The Bertz CT molecular complexity index is 726. The summed E-state index contributed by atoms with van der Waals surface area (Å²) in [4.78, 5) is 18.1. The Labute approximate surface area is 124 Å². The number of aryl methyl sites for hydroxylation is 1. The number of nitrogens with one attached hydrogen (secondary N) is 1. The second-order valence-corrected chi connectivity index (χ2v) is 7.12. The van der Waals surface area contributed by atoms with Crippen LogP contribution in [0.25, 0.3) is 10.1 Å². The largest absolute Gasteiger partial charge is 0.524 e. The van der Waals surface area contributed by atoms with Gasteiger partial charge in [-0.3, -0.25) is 9.79 Å². The van der Waals surface area contributed by atoms with E-state index in [9.17, 15) is 4.57 Å². The summed E-state index contributed by atoms with van der Waals surface area (Å²) >= 11 is 7.43. The quantitative estimate of drug-likeness (QED) is 0.592. The molecule has 1 aromatic heterocycles. The number of phosphoric ester groups is 1. The van der Waals surface area contributed by atoms with Crippen LogP contribution in [0.4, 0.5) is 5.69 Å². The van der Waals surface area contributed by atoms with E-state index in [1.807, 2.05) is 12.3 Å². The fourth-order valence-electron chi connectivity index (χ4n) is 2.60. The number of phosphoric acid groups is 1. The molecule has 1 aliphatic heterocycles. The van der Waals surface area contributed by atoms with E-state index in [0.29, 0.717) is 5.88 Å². The van der Waals surface area contributed by atoms with Crippen LogP contribution in [0.3, 0.4) is 0 Å². The Kier molecular flexibility index (Phi) is 3.47. The van der Waals surface area contributed by atoms with Crippen LogP contribution in [-0.2, 0) is 4.57 Å². The summed E-state index contributed by atoms with van der Waals surface area (Å²) in [6.07, 6.45) is 0. The van der Waals surface area contributed by atoms with Gasteiger partial charge in [-0.05, 0) is 23.4 Å². The van der Waals surface area contributed by atoms with Gasteiger partial charge in [-0.15, -0.1) is 22.9 Å². The van der Waals surface area contributed by atoms with E-state index in [2.05, 4.69) is 5.32 Å². The highest BCUT2D eigenvalue weighted by Gasteiger charge is 2.29. The third-order valence-corrected chi connectivity index (χ3v) is 5.30. The summed E-state index contributed by atoms with van der Waals surface area (Å²) < 4.78 is 16.7. The van der Waals surface area contributed by atoms with E-state index < -0.39 is 7.82 Å². The van der Waals surface area contributed by atoms with Gasteiger partial charge in [0.15, 0.2) is 5.75 Å². The average Bonchev–Trinajstić information content (AvgIpc) is 2.91. The number of fused-ring (bicyclic) bond motifs is 3. The molecule has 2 heterocycles. The van der Waals surface area contributed by atoms with Gasteiger partial charge in [0.1, 0.15) is 0 Å². The van der Waals surface area contributed by atoms with Gasteiger partial charge in [-0.1, -0.05) is 0 Å². The Balaban J connectivity index is 2.26. The first-order valence-electron chi connectivity index (χ1n) is 6.00. The van der Waals surface area contributed by atoms with Crippen LogP contribution >= 0.6 is 30.8 Å². The number of anilines is 1. The van der Waals surface area contributed by atoms with Gasteiger partial charge in [-0.2, -0.15) is 0 Å². The highest BCUT2D eigenvalue weighted by molar-refractivity contribution is 7.46. The lowest BCUT2D eigenvalue weighted by molar-refractivity contribution is 0.284. The molecule has 8 heteroatoms. The van der Waals surface area contributed by atoms with Gasteiger partial charge >= 0.3 is 7.82 Å². The summed E-state index contributed by atoms with van der Waals surface area (Å²) in [5.41, 5.74) is 3.02. The van der Waals surface area contributed by atoms with E-state index in [-0.39, 0.29) is 11.7 Å². The van der Waals surface area contributed by atoms with Crippen molar-refractivity contribution in [3.05, 3.63) is 22.6 Å². The molecule has 0 saturated heterocycles. The molecule has 0 aliphatic carbocycles. The fraction of sp³-hybridized carbons (Fsp3) is 0.333. The van der Waals surface area contributed by atoms with Crippen LogP contribution in [0.2, 0.25) is 0 Å². The van der Waals surface area contributed by atoms with Crippen LogP contribution in [0, 0.1) is 6.92 Å². The predicted molar refractivity (Wildman–Crippen MR) is 81.2 cm³/mol. The minimum absolute atomic E-state index is 0.201. The Morgan fingerprint density at radius 2 is 2.35 bits per heavy atom. The second kappa shape index (κ2) is 4.90. The predicted octanol–water partition coefficient (Wildman–Crippen LogP) is 3.43. The van der Waals surface area contributed by atoms with Crippen molar-refractivity contribution in [1.29, 1.82) is 0 Å². The maximum atomic E-state index is 11.1. The third kappa shape index (κ3) is 2.32. The molecular weight excluding hydrogens is 321 g/mol. The number of halogens is 1. The molecular formula is C12H13ClNO4PS. The SMILES string of the molecule is Cc1csc2c(OP(=O)(O)O)cc3c(c12)C(CCl)CN3. The lowest BCUT2D eigenvalue weighted by Crippen LogP contribution is -2.02. The van der Waals surface area contributed by atoms with Crippen molar-refractivity contribution in [2.24, 2.45) is 0 Å². The van der Waals surface area contributed by atoms with Crippen molar-refractivity contribution in [2.45, 2.75) is 12.8 Å². The zero-order valence-corrected chi connectivity index (χ0v) is 13.1. The zero-order chi connectivity index (χ0) is 14.5. The summed E-state index contributed by atoms with van der Waals surface area (Å²) in [5, 5.41) is 6.18. The van der Waals surface area contributed by atoms with E-state index in [1.165, 1.54) is 11.3 Å². The van der Waals surface area contributed by atoms with Crippen LogP contribution in [0.5, 0.6) is 5.75 Å². The van der Waals surface area contributed by atoms with Gasteiger partial charge < -0.3 is 9.84 Å². The van der Waals surface area contributed by atoms with Crippen LogP contribution in [-0.4, -0.2) is 22.2 Å². The molecule has 0 spiro atoms. The fourth-order valence-corrected chi connectivity index (χ4v) is 4.35. The first kappa shape index (κ1) is 14.2.